The van der Waals surface area contributed by atoms with Crippen molar-refractivity contribution < 1.29 is 14.0 Å². The Hall–Kier alpha value is -3.84. The zero-order valence-electron chi connectivity index (χ0n) is 23.4. The van der Waals surface area contributed by atoms with E-state index in [0.29, 0.717) is 18.7 Å². The van der Waals surface area contributed by atoms with Gasteiger partial charge in [-0.25, -0.2) is 4.39 Å². The molecule has 204 valence electrons. The molecule has 2 heterocycles. The Morgan fingerprint density at radius 1 is 1.08 bits per heavy atom. The molecular weight excluding hydrogens is 491 g/mol. The number of aromatic nitrogens is 1. The lowest BCUT2D eigenvalue weighted by atomic mass is 9.87. The maximum Gasteiger partial charge on any atom is 0.253 e. The number of benzene rings is 2. The number of rotatable bonds is 7. The molecule has 0 spiro atoms. The van der Waals surface area contributed by atoms with Crippen molar-refractivity contribution in [3.05, 3.63) is 88.8 Å². The summed E-state index contributed by atoms with van der Waals surface area (Å²) in [6, 6.07) is 17.2. The van der Waals surface area contributed by atoms with Crippen molar-refractivity contribution in [3.63, 3.8) is 0 Å². The zero-order valence-corrected chi connectivity index (χ0v) is 23.4. The first-order chi connectivity index (χ1) is 18.6. The summed E-state index contributed by atoms with van der Waals surface area (Å²) in [5, 5.41) is 2.80. The fourth-order valence-electron chi connectivity index (χ4n) is 5.21. The summed E-state index contributed by atoms with van der Waals surface area (Å²) in [7, 11) is 3.45. The normalized spacial score (nSPS) is 18.1. The van der Waals surface area contributed by atoms with Crippen LogP contribution in [0.25, 0.3) is 17.2 Å². The maximum atomic E-state index is 15.3. The molecule has 39 heavy (non-hydrogen) atoms. The van der Waals surface area contributed by atoms with Crippen LogP contribution in [0.15, 0.2) is 66.4 Å². The third kappa shape index (κ3) is 6.98. The minimum Gasteiger partial charge on any atom is -0.345 e. The number of halogens is 1. The lowest BCUT2D eigenvalue weighted by Crippen LogP contribution is -2.41. The number of alkyl halides is 1. The quantitative estimate of drug-likeness (QED) is 0.412. The van der Waals surface area contributed by atoms with Crippen LogP contribution in [0.5, 0.6) is 0 Å². The fraction of sp³-hybridized carbons (Fsp3) is 0.344. The van der Waals surface area contributed by atoms with Crippen LogP contribution in [0.3, 0.4) is 0 Å². The second-order valence-corrected chi connectivity index (χ2v) is 10.6. The third-order valence-corrected chi connectivity index (χ3v) is 7.19. The van der Waals surface area contributed by atoms with Crippen molar-refractivity contribution in [2.75, 3.05) is 39.0 Å². The van der Waals surface area contributed by atoms with E-state index in [4.69, 9.17) is 0 Å². The molecule has 1 saturated heterocycles. The van der Waals surface area contributed by atoms with E-state index in [-0.39, 0.29) is 17.7 Å². The molecule has 1 N–H and O–H groups in total. The maximum absolute atomic E-state index is 15.3. The van der Waals surface area contributed by atoms with Crippen LogP contribution < -0.4 is 5.32 Å². The third-order valence-electron chi connectivity index (χ3n) is 7.19. The molecule has 2 aromatic carbocycles. The van der Waals surface area contributed by atoms with E-state index >= 15 is 4.39 Å². The molecule has 1 aliphatic heterocycles. The highest BCUT2D eigenvalue weighted by molar-refractivity contribution is 5.93. The first kappa shape index (κ1) is 28.2. The SMILES string of the molecule is CC(=O)Nc1ccc(-c2ccnc(C)c2/C=C(\C)CN2CCC(c3ccc(C(=O)N(C)C)cc3)C(F)C2)cc1. The highest BCUT2D eigenvalue weighted by atomic mass is 19.1. The summed E-state index contributed by atoms with van der Waals surface area (Å²) in [5.41, 5.74) is 7.53. The Balaban J connectivity index is 1.44. The Morgan fingerprint density at radius 3 is 2.38 bits per heavy atom. The molecule has 2 amide bonds. The molecule has 0 aliphatic carbocycles. The number of amides is 2. The number of hydrogen-bond donors (Lipinski definition) is 1. The van der Waals surface area contributed by atoms with Crippen molar-refractivity contribution in [3.8, 4) is 11.1 Å². The second kappa shape index (κ2) is 12.3. The van der Waals surface area contributed by atoms with Gasteiger partial charge in [0.05, 0.1) is 0 Å². The molecule has 2 unspecified atom stereocenters. The molecule has 0 bridgehead atoms. The average Bonchev–Trinajstić information content (AvgIpc) is 2.90. The van der Waals surface area contributed by atoms with Crippen molar-refractivity contribution in [2.24, 2.45) is 0 Å². The molecule has 2 atom stereocenters. The van der Waals surface area contributed by atoms with Gasteiger partial charge >= 0.3 is 0 Å². The van der Waals surface area contributed by atoms with Crippen LogP contribution in [0.4, 0.5) is 10.1 Å². The van der Waals surface area contributed by atoms with Crippen molar-refractivity contribution in [1.29, 1.82) is 0 Å². The summed E-state index contributed by atoms with van der Waals surface area (Å²) in [6.07, 6.45) is 3.71. The minimum atomic E-state index is -0.972. The molecule has 3 aromatic rings. The van der Waals surface area contributed by atoms with Gasteiger partial charge in [0.2, 0.25) is 5.91 Å². The number of carbonyl (C=O) groups is 2. The van der Waals surface area contributed by atoms with Crippen LogP contribution in [-0.2, 0) is 4.79 Å². The van der Waals surface area contributed by atoms with Gasteiger partial charge in [0.1, 0.15) is 6.17 Å². The number of hydrogen-bond acceptors (Lipinski definition) is 4. The van der Waals surface area contributed by atoms with Gasteiger partial charge in [-0.05, 0) is 73.8 Å². The van der Waals surface area contributed by atoms with Gasteiger partial charge in [-0.1, -0.05) is 35.9 Å². The molecule has 7 heteroatoms. The molecule has 1 fully saturated rings. The van der Waals surface area contributed by atoms with Gasteiger partial charge in [0.25, 0.3) is 5.91 Å². The Morgan fingerprint density at radius 2 is 1.77 bits per heavy atom. The summed E-state index contributed by atoms with van der Waals surface area (Å²) >= 11 is 0. The molecule has 1 aliphatic rings. The van der Waals surface area contributed by atoms with E-state index < -0.39 is 6.17 Å². The molecule has 4 rings (SSSR count). The Kier molecular flexibility index (Phi) is 8.92. The predicted molar refractivity (Wildman–Crippen MR) is 156 cm³/mol. The monoisotopic (exact) mass is 528 g/mol. The number of piperidine rings is 1. The summed E-state index contributed by atoms with van der Waals surface area (Å²) in [5.74, 6) is -0.318. The van der Waals surface area contributed by atoms with Crippen LogP contribution in [0, 0.1) is 6.92 Å². The minimum absolute atomic E-state index is 0.0514. The highest BCUT2D eigenvalue weighted by Gasteiger charge is 2.30. The van der Waals surface area contributed by atoms with Crippen LogP contribution in [0.2, 0.25) is 0 Å². The van der Waals surface area contributed by atoms with Gasteiger partial charge in [-0.2, -0.15) is 0 Å². The Bertz CT molecular complexity index is 1350. The second-order valence-electron chi connectivity index (χ2n) is 10.6. The number of nitrogens with one attached hydrogen (secondary N) is 1. The molecule has 0 radical (unpaired) electrons. The topological polar surface area (TPSA) is 65.5 Å². The number of likely N-dealkylation sites (tertiary alicyclic amines) is 1. The predicted octanol–water partition coefficient (Wildman–Crippen LogP) is 5.95. The van der Waals surface area contributed by atoms with E-state index in [0.717, 1.165) is 52.2 Å². The van der Waals surface area contributed by atoms with Gasteiger partial charge in [0, 0.05) is 68.7 Å². The first-order valence-electron chi connectivity index (χ1n) is 13.3. The largest absolute Gasteiger partial charge is 0.345 e. The molecule has 0 saturated carbocycles. The lowest BCUT2D eigenvalue weighted by molar-refractivity contribution is -0.114. The van der Waals surface area contributed by atoms with E-state index in [9.17, 15) is 9.59 Å². The van der Waals surface area contributed by atoms with Crippen LogP contribution >= 0.6 is 0 Å². The zero-order chi connectivity index (χ0) is 28.1. The Labute approximate surface area is 230 Å². The number of carbonyl (C=O) groups excluding carboxylic acids is 2. The van der Waals surface area contributed by atoms with Crippen molar-refractivity contribution >= 4 is 23.6 Å². The van der Waals surface area contributed by atoms with Crippen molar-refractivity contribution in [2.45, 2.75) is 39.3 Å². The van der Waals surface area contributed by atoms with E-state index in [1.807, 2.05) is 49.4 Å². The smallest absolute Gasteiger partial charge is 0.253 e. The highest BCUT2D eigenvalue weighted by Crippen LogP contribution is 2.32. The molecule has 6 nitrogen and oxygen atoms in total. The standard InChI is InChI=1S/C32H37FN4O2/c1-21(18-30-22(2)34-16-14-28(30)24-10-12-27(13-11-24)35-23(3)38)19-37-17-15-29(31(33)20-37)25-6-8-26(9-7-25)32(39)36(4)5/h6-14,16,18,29,31H,15,17,19-20H2,1-5H3,(H,35,38)/b21-18+. The van der Waals surface area contributed by atoms with Crippen molar-refractivity contribution in [1.82, 2.24) is 14.8 Å². The van der Waals surface area contributed by atoms with Gasteiger partial charge in [-0.3, -0.25) is 19.5 Å². The first-order valence-corrected chi connectivity index (χ1v) is 13.3. The van der Waals surface area contributed by atoms with E-state index in [1.165, 1.54) is 6.92 Å². The molecule has 1 aromatic heterocycles. The van der Waals surface area contributed by atoms with Crippen LogP contribution in [0.1, 0.15) is 53.4 Å². The van der Waals surface area contributed by atoms with E-state index in [1.54, 1.807) is 37.3 Å². The van der Waals surface area contributed by atoms with Crippen LogP contribution in [-0.4, -0.2) is 66.5 Å². The summed E-state index contributed by atoms with van der Waals surface area (Å²) in [4.78, 5) is 31.7. The number of anilines is 1. The fourth-order valence-corrected chi connectivity index (χ4v) is 5.21. The number of aryl methyl sites for hydroxylation is 1. The van der Waals surface area contributed by atoms with E-state index in [2.05, 4.69) is 28.2 Å². The molecular formula is C32H37FN4O2. The number of nitrogens with zero attached hydrogens (tertiary/aromatic N) is 3. The van der Waals surface area contributed by atoms with Gasteiger partial charge in [0.15, 0.2) is 0 Å². The lowest BCUT2D eigenvalue weighted by Gasteiger charge is -2.35. The van der Waals surface area contributed by atoms with Gasteiger partial charge in [-0.15, -0.1) is 0 Å². The van der Waals surface area contributed by atoms with Gasteiger partial charge < -0.3 is 10.2 Å². The average molecular weight is 529 g/mol. The summed E-state index contributed by atoms with van der Waals surface area (Å²) < 4.78 is 15.3. The summed E-state index contributed by atoms with van der Waals surface area (Å²) in [6.45, 7) is 7.42. The number of pyridine rings is 1.